The molecule has 1 atom stereocenters. The second kappa shape index (κ2) is 9.89. The summed E-state index contributed by atoms with van der Waals surface area (Å²) < 4.78 is 7.32. The SMILES string of the molecule is CCOC(=O)C=c1sc(=Cc2ccccc2C)c(=O)n1CC(=O)N1CCCC(C)C1. The largest absolute Gasteiger partial charge is 0.463 e. The van der Waals surface area contributed by atoms with Gasteiger partial charge in [0.25, 0.3) is 5.56 Å². The molecule has 6 nitrogen and oxygen atoms in total. The number of carbonyl (C=O) groups excluding carboxylic acids is 2. The van der Waals surface area contributed by atoms with Gasteiger partial charge < -0.3 is 9.64 Å². The molecule has 1 fully saturated rings. The summed E-state index contributed by atoms with van der Waals surface area (Å²) in [6.45, 7) is 7.42. The number of amides is 1. The van der Waals surface area contributed by atoms with Gasteiger partial charge in [0, 0.05) is 13.1 Å². The van der Waals surface area contributed by atoms with Crippen molar-refractivity contribution in [2.75, 3.05) is 19.7 Å². The number of esters is 1. The van der Waals surface area contributed by atoms with Gasteiger partial charge in [-0.1, -0.05) is 31.2 Å². The number of nitrogens with zero attached hydrogens (tertiary/aromatic N) is 2. The van der Waals surface area contributed by atoms with Crippen LogP contribution in [0, 0.1) is 12.8 Å². The standard InChI is InChI=1S/C23H28N2O4S/c1-4-29-22(27)13-21-25(15-20(26)24-11-7-8-16(2)14-24)23(28)19(30-21)12-18-10-6-5-9-17(18)3/h5-6,9-10,12-13,16H,4,7-8,11,14-15H2,1-3H3. The van der Waals surface area contributed by atoms with Gasteiger partial charge in [0.2, 0.25) is 5.91 Å². The van der Waals surface area contributed by atoms with Crippen molar-refractivity contribution in [2.24, 2.45) is 5.92 Å². The van der Waals surface area contributed by atoms with Crippen LogP contribution in [0.25, 0.3) is 12.2 Å². The third-order valence-electron chi connectivity index (χ3n) is 5.24. The Morgan fingerprint density at radius 3 is 2.77 bits per heavy atom. The molecule has 3 rings (SSSR count). The first-order chi connectivity index (χ1) is 14.4. The van der Waals surface area contributed by atoms with E-state index in [4.69, 9.17) is 4.74 Å². The van der Waals surface area contributed by atoms with E-state index in [2.05, 4.69) is 6.92 Å². The predicted octanol–water partition coefficient (Wildman–Crippen LogP) is 1.65. The van der Waals surface area contributed by atoms with Gasteiger partial charge in [0.05, 0.1) is 17.2 Å². The molecule has 0 saturated carbocycles. The second-order valence-corrected chi connectivity index (χ2v) is 8.74. The van der Waals surface area contributed by atoms with Crippen LogP contribution < -0.4 is 14.8 Å². The first kappa shape index (κ1) is 22.0. The van der Waals surface area contributed by atoms with Gasteiger partial charge in [-0.15, -0.1) is 11.3 Å². The monoisotopic (exact) mass is 428 g/mol. The van der Waals surface area contributed by atoms with E-state index in [-0.39, 0.29) is 24.6 Å². The number of hydrogen-bond acceptors (Lipinski definition) is 5. The third kappa shape index (κ3) is 5.27. The summed E-state index contributed by atoms with van der Waals surface area (Å²) in [4.78, 5) is 39.9. The summed E-state index contributed by atoms with van der Waals surface area (Å²) in [5, 5.41) is 0. The van der Waals surface area contributed by atoms with E-state index >= 15 is 0 Å². The molecule has 160 valence electrons. The number of ether oxygens (including phenoxy) is 1. The van der Waals surface area contributed by atoms with Crippen molar-refractivity contribution < 1.29 is 14.3 Å². The molecular weight excluding hydrogens is 400 g/mol. The molecule has 1 saturated heterocycles. The molecule has 1 amide bonds. The van der Waals surface area contributed by atoms with E-state index in [0.717, 1.165) is 24.0 Å². The van der Waals surface area contributed by atoms with E-state index in [1.807, 2.05) is 42.2 Å². The Kier molecular flexibility index (Phi) is 7.26. The van der Waals surface area contributed by atoms with Crippen LogP contribution in [0.3, 0.4) is 0 Å². The number of carbonyl (C=O) groups is 2. The highest BCUT2D eigenvalue weighted by Crippen LogP contribution is 2.15. The number of hydrogen-bond donors (Lipinski definition) is 0. The summed E-state index contributed by atoms with van der Waals surface area (Å²) in [5.74, 6) is -0.159. The minimum Gasteiger partial charge on any atom is -0.463 e. The van der Waals surface area contributed by atoms with Crippen LogP contribution in [0.4, 0.5) is 0 Å². The molecule has 1 aliphatic heterocycles. The highest BCUT2D eigenvalue weighted by atomic mass is 32.1. The highest BCUT2D eigenvalue weighted by molar-refractivity contribution is 7.07. The first-order valence-electron chi connectivity index (χ1n) is 10.3. The fourth-order valence-corrected chi connectivity index (χ4v) is 4.64. The lowest BCUT2D eigenvalue weighted by Crippen LogP contribution is -2.44. The fourth-order valence-electron chi connectivity index (χ4n) is 3.62. The Labute approximate surface area is 180 Å². The van der Waals surface area contributed by atoms with Gasteiger partial charge in [-0.2, -0.15) is 0 Å². The molecule has 1 aromatic carbocycles. The smallest absolute Gasteiger partial charge is 0.333 e. The first-order valence-corrected chi connectivity index (χ1v) is 11.1. The van der Waals surface area contributed by atoms with Gasteiger partial charge in [-0.25, -0.2) is 4.79 Å². The Balaban J connectivity index is 2.03. The van der Waals surface area contributed by atoms with Crippen molar-refractivity contribution in [1.82, 2.24) is 9.47 Å². The molecule has 0 N–H and O–H groups in total. The number of aromatic nitrogens is 1. The van der Waals surface area contributed by atoms with Gasteiger partial charge in [0.1, 0.15) is 11.2 Å². The molecule has 1 aliphatic rings. The van der Waals surface area contributed by atoms with Crippen molar-refractivity contribution >= 4 is 35.4 Å². The Hall–Kier alpha value is -2.67. The minimum absolute atomic E-state index is 0.0745. The Morgan fingerprint density at radius 1 is 1.30 bits per heavy atom. The van der Waals surface area contributed by atoms with Crippen molar-refractivity contribution in [3.63, 3.8) is 0 Å². The van der Waals surface area contributed by atoms with E-state index < -0.39 is 5.97 Å². The quantitative estimate of drug-likeness (QED) is 0.679. The van der Waals surface area contributed by atoms with Crippen LogP contribution in [-0.2, 0) is 20.9 Å². The molecule has 2 aromatic rings. The zero-order valence-corrected chi connectivity index (χ0v) is 18.5. The van der Waals surface area contributed by atoms with E-state index in [1.165, 1.54) is 22.0 Å². The molecule has 2 heterocycles. The van der Waals surface area contributed by atoms with Crippen molar-refractivity contribution in [3.8, 4) is 0 Å². The summed E-state index contributed by atoms with van der Waals surface area (Å²) in [6.07, 6.45) is 5.20. The minimum atomic E-state index is -0.519. The molecule has 30 heavy (non-hydrogen) atoms. The number of aryl methyl sites for hydroxylation is 1. The van der Waals surface area contributed by atoms with Crippen LogP contribution in [0.1, 0.15) is 37.8 Å². The molecule has 7 heteroatoms. The number of likely N-dealkylation sites (tertiary alicyclic amines) is 1. The van der Waals surface area contributed by atoms with E-state index in [9.17, 15) is 14.4 Å². The molecule has 0 radical (unpaired) electrons. The molecule has 1 unspecified atom stereocenters. The summed E-state index contributed by atoms with van der Waals surface area (Å²) >= 11 is 1.20. The molecule has 0 bridgehead atoms. The maximum Gasteiger partial charge on any atom is 0.333 e. The maximum absolute atomic E-state index is 13.1. The Morgan fingerprint density at radius 2 is 2.07 bits per heavy atom. The number of benzene rings is 1. The third-order valence-corrected chi connectivity index (χ3v) is 6.30. The summed E-state index contributed by atoms with van der Waals surface area (Å²) in [5.41, 5.74) is 1.71. The zero-order valence-electron chi connectivity index (χ0n) is 17.7. The van der Waals surface area contributed by atoms with Crippen LogP contribution in [0.15, 0.2) is 29.1 Å². The highest BCUT2D eigenvalue weighted by Gasteiger charge is 2.22. The van der Waals surface area contributed by atoms with Gasteiger partial charge in [-0.05, 0) is 49.8 Å². The molecule has 0 spiro atoms. The fraction of sp³-hybridized carbons (Fsp3) is 0.435. The number of rotatable bonds is 5. The maximum atomic E-state index is 13.1. The summed E-state index contributed by atoms with van der Waals surface area (Å²) in [6, 6.07) is 7.77. The van der Waals surface area contributed by atoms with Crippen LogP contribution in [0.2, 0.25) is 0 Å². The normalized spacial score (nSPS) is 18.0. The summed E-state index contributed by atoms with van der Waals surface area (Å²) in [7, 11) is 0. The molecule has 1 aromatic heterocycles. The average Bonchev–Trinajstić information content (AvgIpc) is 2.98. The van der Waals surface area contributed by atoms with Crippen molar-refractivity contribution in [1.29, 1.82) is 0 Å². The lowest BCUT2D eigenvalue weighted by molar-refractivity contribution is -0.136. The Bertz CT molecular complexity index is 1100. The van der Waals surface area contributed by atoms with Crippen LogP contribution in [-0.4, -0.2) is 41.0 Å². The van der Waals surface area contributed by atoms with Crippen molar-refractivity contribution in [3.05, 3.63) is 54.9 Å². The van der Waals surface area contributed by atoms with Crippen LogP contribution in [0.5, 0.6) is 0 Å². The predicted molar refractivity (Wildman–Crippen MR) is 119 cm³/mol. The van der Waals surface area contributed by atoms with Gasteiger partial charge in [0.15, 0.2) is 0 Å². The zero-order chi connectivity index (χ0) is 21.7. The molecule has 0 aliphatic carbocycles. The van der Waals surface area contributed by atoms with Crippen molar-refractivity contribution in [2.45, 2.75) is 40.2 Å². The van der Waals surface area contributed by atoms with E-state index in [0.29, 0.717) is 28.2 Å². The lowest BCUT2D eigenvalue weighted by Gasteiger charge is -2.31. The van der Waals surface area contributed by atoms with Gasteiger partial charge in [-0.3, -0.25) is 14.2 Å². The lowest BCUT2D eigenvalue weighted by atomic mass is 10.0. The molecular formula is C23H28N2O4S. The van der Waals surface area contributed by atoms with Crippen LogP contribution >= 0.6 is 11.3 Å². The number of piperidine rings is 1. The number of thiazole rings is 1. The topological polar surface area (TPSA) is 68.6 Å². The van der Waals surface area contributed by atoms with E-state index in [1.54, 1.807) is 6.92 Å². The average molecular weight is 429 g/mol. The van der Waals surface area contributed by atoms with Gasteiger partial charge >= 0.3 is 5.97 Å². The second-order valence-electron chi connectivity index (χ2n) is 7.68.